The number of para-hydroxylation sites is 2. The predicted molar refractivity (Wildman–Crippen MR) is 81.1 cm³/mol. The van der Waals surface area contributed by atoms with Crippen molar-refractivity contribution < 1.29 is 9.53 Å². The number of carbonyl (C=O) groups is 1. The standard InChI is InChI=1S/C16H13N3O2/c1-21-15(20)12-8-6-11(7-9-12)10-17-16-18-13-4-2-3-5-14(13)19-16/h2-10H,1H3,(H,18,19)/b17-10+. The van der Waals surface area contributed by atoms with Gasteiger partial charge in [-0.25, -0.2) is 14.8 Å². The highest BCUT2D eigenvalue weighted by Crippen LogP contribution is 2.15. The predicted octanol–water partition coefficient (Wildman–Crippen LogP) is 3.10. The van der Waals surface area contributed by atoms with Gasteiger partial charge in [0.1, 0.15) is 0 Å². The zero-order valence-corrected chi connectivity index (χ0v) is 11.4. The van der Waals surface area contributed by atoms with Crippen molar-refractivity contribution in [3.8, 4) is 0 Å². The van der Waals surface area contributed by atoms with E-state index in [2.05, 4.69) is 19.7 Å². The first-order chi connectivity index (χ1) is 10.3. The Kier molecular flexibility index (Phi) is 3.47. The van der Waals surface area contributed by atoms with Gasteiger partial charge in [-0.3, -0.25) is 0 Å². The molecule has 0 saturated carbocycles. The first kappa shape index (κ1) is 13.1. The van der Waals surface area contributed by atoms with Gasteiger partial charge in [-0.15, -0.1) is 0 Å². The quantitative estimate of drug-likeness (QED) is 0.591. The summed E-state index contributed by atoms with van der Waals surface area (Å²) in [5.74, 6) is 0.198. The average Bonchev–Trinajstić information content (AvgIpc) is 2.95. The lowest BCUT2D eigenvalue weighted by Gasteiger charge is -1.98. The molecule has 0 atom stereocenters. The van der Waals surface area contributed by atoms with Gasteiger partial charge in [-0.05, 0) is 29.8 Å². The second-order valence-corrected chi connectivity index (χ2v) is 4.45. The first-order valence-corrected chi connectivity index (χ1v) is 6.43. The molecule has 5 nitrogen and oxygen atoms in total. The van der Waals surface area contributed by atoms with Crippen LogP contribution in [0.15, 0.2) is 53.5 Å². The Morgan fingerprint density at radius 1 is 1.19 bits per heavy atom. The average molecular weight is 279 g/mol. The highest BCUT2D eigenvalue weighted by Gasteiger charge is 2.03. The van der Waals surface area contributed by atoms with E-state index in [1.807, 2.05) is 24.3 Å². The van der Waals surface area contributed by atoms with Crippen LogP contribution in [0.1, 0.15) is 15.9 Å². The van der Waals surface area contributed by atoms with Crippen LogP contribution in [0.2, 0.25) is 0 Å². The molecule has 1 N–H and O–H groups in total. The summed E-state index contributed by atoms with van der Waals surface area (Å²) < 4.78 is 4.65. The second-order valence-electron chi connectivity index (χ2n) is 4.45. The number of imidazole rings is 1. The van der Waals surface area contributed by atoms with Crippen LogP contribution in [0, 0.1) is 0 Å². The SMILES string of the molecule is COC(=O)c1ccc(/C=N/c2nc3ccccc3[nH]2)cc1. The van der Waals surface area contributed by atoms with E-state index < -0.39 is 0 Å². The summed E-state index contributed by atoms with van der Waals surface area (Å²) in [7, 11) is 1.36. The number of aromatic amines is 1. The Labute approximate surface area is 121 Å². The van der Waals surface area contributed by atoms with E-state index in [-0.39, 0.29) is 5.97 Å². The van der Waals surface area contributed by atoms with E-state index in [9.17, 15) is 4.79 Å². The normalized spacial score (nSPS) is 11.1. The molecule has 5 heteroatoms. The van der Waals surface area contributed by atoms with Gasteiger partial charge in [-0.2, -0.15) is 0 Å². The van der Waals surface area contributed by atoms with Crippen molar-refractivity contribution in [1.82, 2.24) is 9.97 Å². The van der Waals surface area contributed by atoms with Crippen LogP contribution >= 0.6 is 0 Å². The third-order valence-electron chi connectivity index (χ3n) is 3.04. The van der Waals surface area contributed by atoms with Crippen LogP contribution in [-0.2, 0) is 4.74 Å². The lowest BCUT2D eigenvalue weighted by atomic mass is 10.1. The highest BCUT2D eigenvalue weighted by atomic mass is 16.5. The summed E-state index contributed by atoms with van der Waals surface area (Å²) >= 11 is 0. The van der Waals surface area contributed by atoms with E-state index in [0.717, 1.165) is 16.6 Å². The van der Waals surface area contributed by atoms with Gasteiger partial charge in [0.25, 0.3) is 0 Å². The molecule has 0 aliphatic rings. The topological polar surface area (TPSA) is 67.3 Å². The number of nitrogens with one attached hydrogen (secondary N) is 1. The number of fused-ring (bicyclic) bond motifs is 1. The van der Waals surface area contributed by atoms with Crippen molar-refractivity contribution >= 4 is 29.2 Å². The van der Waals surface area contributed by atoms with Crippen LogP contribution in [0.4, 0.5) is 5.95 Å². The summed E-state index contributed by atoms with van der Waals surface area (Å²) in [6, 6.07) is 14.8. The van der Waals surface area contributed by atoms with Crippen molar-refractivity contribution in [2.45, 2.75) is 0 Å². The van der Waals surface area contributed by atoms with Crippen molar-refractivity contribution in [2.75, 3.05) is 7.11 Å². The molecule has 3 rings (SSSR count). The minimum atomic E-state index is -0.351. The molecule has 1 heterocycles. The Morgan fingerprint density at radius 3 is 2.67 bits per heavy atom. The second kappa shape index (κ2) is 5.58. The van der Waals surface area contributed by atoms with Gasteiger partial charge in [0.2, 0.25) is 5.95 Å². The Hall–Kier alpha value is -2.95. The molecule has 104 valence electrons. The number of aliphatic imine (C=N–C) groups is 1. The lowest BCUT2D eigenvalue weighted by Crippen LogP contribution is -2.00. The van der Waals surface area contributed by atoms with E-state index in [0.29, 0.717) is 11.5 Å². The van der Waals surface area contributed by atoms with Gasteiger partial charge in [0.05, 0.1) is 23.7 Å². The first-order valence-electron chi connectivity index (χ1n) is 6.43. The van der Waals surface area contributed by atoms with Crippen LogP contribution in [0.5, 0.6) is 0 Å². The molecular formula is C16H13N3O2. The Balaban J connectivity index is 1.80. The molecule has 2 aromatic carbocycles. The van der Waals surface area contributed by atoms with Crippen molar-refractivity contribution in [1.29, 1.82) is 0 Å². The molecule has 0 amide bonds. The van der Waals surface area contributed by atoms with Crippen molar-refractivity contribution in [2.24, 2.45) is 4.99 Å². The molecule has 0 unspecified atom stereocenters. The summed E-state index contributed by atoms with van der Waals surface area (Å²) in [6.45, 7) is 0. The number of benzene rings is 2. The molecule has 0 fully saturated rings. The van der Waals surface area contributed by atoms with Gasteiger partial charge in [-0.1, -0.05) is 24.3 Å². The third-order valence-corrected chi connectivity index (χ3v) is 3.04. The number of methoxy groups -OCH3 is 1. The minimum Gasteiger partial charge on any atom is -0.465 e. The summed E-state index contributed by atoms with van der Waals surface area (Å²) in [4.78, 5) is 23.1. The number of rotatable bonds is 3. The zero-order valence-electron chi connectivity index (χ0n) is 11.4. The van der Waals surface area contributed by atoms with Crippen LogP contribution in [0.3, 0.4) is 0 Å². The monoisotopic (exact) mass is 279 g/mol. The molecule has 0 bridgehead atoms. The van der Waals surface area contributed by atoms with Gasteiger partial charge in [0, 0.05) is 6.21 Å². The number of carbonyl (C=O) groups excluding carboxylic acids is 1. The highest BCUT2D eigenvalue weighted by molar-refractivity contribution is 5.91. The van der Waals surface area contributed by atoms with E-state index in [4.69, 9.17) is 0 Å². The lowest BCUT2D eigenvalue weighted by molar-refractivity contribution is 0.0600. The summed E-state index contributed by atoms with van der Waals surface area (Å²) in [5, 5.41) is 0. The smallest absolute Gasteiger partial charge is 0.337 e. The number of hydrogen-bond donors (Lipinski definition) is 1. The minimum absolute atomic E-state index is 0.351. The van der Waals surface area contributed by atoms with Gasteiger partial charge in [0.15, 0.2) is 0 Å². The largest absolute Gasteiger partial charge is 0.465 e. The van der Waals surface area contributed by atoms with Crippen LogP contribution < -0.4 is 0 Å². The number of H-pyrrole nitrogens is 1. The molecule has 3 aromatic rings. The fourth-order valence-corrected chi connectivity index (χ4v) is 1.96. The van der Waals surface area contributed by atoms with E-state index >= 15 is 0 Å². The van der Waals surface area contributed by atoms with Crippen LogP contribution in [0.25, 0.3) is 11.0 Å². The Bertz CT molecular complexity index is 771. The fraction of sp³-hybridized carbons (Fsp3) is 0.0625. The van der Waals surface area contributed by atoms with E-state index in [1.54, 1.807) is 30.5 Å². The van der Waals surface area contributed by atoms with Crippen LogP contribution in [-0.4, -0.2) is 29.3 Å². The number of nitrogens with zero attached hydrogens (tertiary/aromatic N) is 2. The molecule has 0 radical (unpaired) electrons. The third kappa shape index (κ3) is 2.81. The number of hydrogen-bond acceptors (Lipinski definition) is 4. The summed E-state index contributed by atoms with van der Waals surface area (Å²) in [6.07, 6.45) is 1.69. The van der Waals surface area contributed by atoms with E-state index in [1.165, 1.54) is 7.11 Å². The maximum absolute atomic E-state index is 11.3. The van der Waals surface area contributed by atoms with Gasteiger partial charge < -0.3 is 9.72 Å². The number of aromatic nitrogens is 2. The molecule has 1 aromatic heterocycles. The molecule has 0 saturated heterocycles. The molecular weight excluding hydrogens is 266 g/mol. The molecule has 21 heavy (non-hydrogen) atoms. The number of esters is 1. The molecule has 0 aliphatic carbocycles. The maximum atomic E-state index is 11.3. The summed E-state index contributed by atoms with van der Waals surface area (Å²) in [5.41, 5.74) is 3.22. The van der Waals surface area contributed by atoms with Crippen molar-refractivity contribution in [3.05, 3.63) is 59.7 Å². The van der Waals surface area contributed by atoms with Crippen molar-refractivity contribution in [3.63, 3.8) is 0 Å². The van der Waals surface area contributed by atoms with Gasteiger partial charge >= 0.3 is 5.97 Å². The number of ether oxygens (including phenoxy) is 1. The molecule has 0 aliphatic heterocycles. The Morgan fingerprint density at radius 2 is 1.95 bits per heavy atom. The fourth-order valence-electron chi connectivity index (χ4n) is 1.96. The zero-order chi connectivity index (χ0) is 14.7. The molecule has 0 spiro atoms. The maximum Gasteiger partial charge on any atom is 0.337 e.